The summed E-state index contributed by atoms with van der Waals surface area (Å²) in [6, 6.07) is 10.7. The zero-order chi connectivity index (χ0) is 21.3. The van der Waals surface area contributed by atoms with Crippen molar-refractivity contribution in [1.29, 1.82) is 0 Å². The number of hydrogen-bond acceptors (Lipinski definition) is 6. The standard InChI is InChI=1S/C21H23Cl2N3O4/c1-28-20-11-15(12-24-25-21(27)13-26-6-8-29-9-7-26)3-5-19(20)30-14-16-2-4-17(22)18(23)10-16/h2-5,10-12H,6-9,13-14H2,1H3,(H,25,27). The number of ether oxygens (including phenoxy) is 3. The minimum atomic E-state index is -0.165. The number of halogens is 2. The Morgan fingerprint density at radius 2 is 1.97 bits per heavy atom. The molecule has 1 aliphatic heterocycles. The zero-order valence-electron chi connectivity index (χ0n) is 16.6. The van der Waals surface area contributed by atoms with Gasteiger partial charge in [-0.2, -0.15) is 5.10 Å². The molecule has 0 unspecified atom stereocenters. The van der Waals surface area contributed by atoms with Crippen LogP contribution in [0.15, 0.2) is 41.5 Å². The van der Waals surface area contributed by atoms with Crippen LogP contribution in [-0.2, 0) is 16.1 Å². The number of hydrazone groups is 1. The van der Waals surface area contributed by atoms with Gasteiger partial charge in [0.2, 0.25) is 0 Å². The molecule has 0 saturated carbocycles. The maximum atomic E-state index is 12.0. The number of carbonyl (C=O) groups excluding carboxylic acids is 1. The maximum absolute atomic E-state index is 12.0. The van der Waals surface area contributed by atoms with E-state index in [4.69, 9.17) is 37.4 Å². The Morgan fingerprint density at radius 3 is 2.70 bits per heavy atom. The van der Waals surface area contributed by atoms with Gasteiger partial charge in [-0.15, -0.1) is 0 Å². The van der Waals surface area contributed by atoms with Gasteiger partial charge in [-0.05, 0) is 41.5 Å². The van der Waals surface area contributed by atoms with E-state index >= 15 is 0 Å². The van der Waals surface area contributed by atoms with E-state index in [9.17, 15) is 4.79 Å². The molecular formula is C21H23Cl2N3O4. The predicted octanol–water partition coefficient (Wildman–Crippen LogP) is 3.36. The largest absolute Gasteiger partial charge is 0.493 e. The lowest BCUT2D eigenvalue weighted by molar-refractivity contribution is -0.123. The molecule has 0 aromatic heterocycles. The van der Waals surface area contributed by atoms with Gasteiger partial charge in [-0.3, -0.25) is 9.69 Å². The number of morpholine rings is 1. The molecule has 1 aliphatic rings. The fourth-order valence-electron chi connectivity index (χ4n) is 2.85. The van der Waals surface area contributed by atoms with Crippen molar-refractivity contribution in [2.45, 2.75) is 6.61 Å². The molecule has 3 rings (SSSR count). The van der Waals surface area contributed by atoms with Gasteiger partial charge in [0.15, 0.2) is 11.5 Å². The molecular weight excluding hydrogens is 429 g/mol. The fraction of sp³-hybridized carbons (Fsp3) is 0.333. The van der Waals surface area contributed by atoms with Gasteiger partial charge in [-0.1, -0.05) is 29.3 Å². The number of nitrogens with one attached hydrogen (secondary N) is 1. The molecule has 9 heteroatoms. The molecule has 1 heterocycles. The highest BCUT2D eigenvalue weighted by atomic mass is 35.5. The first kappa shape index (κ1) is 22.4. The molecule has 160 valence electrons. The van der Waals surface area contributed by atoms with Crippen LogP contribution in [-0.4, -0.2) is 57.0 Å². The molecule has 1 N–H and O–H groups in total. The number of rotatable bonds is 8. The Labute approximate surface area is 185 Å². The second kappa shape index (κ2) is 11.2. The van der Waals surface area contributed by atoms with Crippen molar-refractivity contribution in [2.24, 2.45) is 5.10 Å². The summed E-state index contributed by atoms with van der Waals surface area (Å²) < 4.78 is 16.5. The summed E-state index contributed by atoms with van der Waals surface area (Å²) in [5.74, 6) is 0.970. The van der Waals surface area contributed by atoms with E-state index in [1.165, 1.54) is 0 Å². The number of nitrogens with zero attached hydrogens (tertiary/aromatic N) is 2. The van der Waals surface area contributed by atoms with Gasteiger partial charge < -0.3 is 14.2 Å². The number of hydrogen-bond donors (Lipinski definition) is 1. The van der Waals surface area contributed by atoms with Gasteiger partial charge in [-0.25, -0.2) is 5.43 Å². The molecule has 30 heavy (non-hydrogen) atoms. The van der Waals surface area contributed by atoms with Gasteiger partial charge in [0.1, 0.15) is 6.61 Å². The maximum Gasteiger partial charge on any atom is 0.254 e. The number of methoxy groups -OCH3 is 1. The number of benzene rings is 2. The Balaban J connectivity index is 1.54. The van der Waals surface area contributed by atoms with E-state index in [1.807, 2.05) is 17.0 Å². The lowest BCUT2D eigenvalue weighted by Crippen LogP contribution is -2.42. The van der Waals surface area contributed by atoms with Gasteiger partial charge in [0.05, 0.1) is 43.1 Å². The lowest BCUT2D eigenvalue weighted by Gasteiger charge is -2.25. The smallest absolute Gasteiger partial charge is 0.254 e. The molecule has 1 saturated heterocycles. The van der Waals surface area contributed by atoms with Crippen molar-refractivity contribution >= 4 is 35.3 Å². The molecule has 0 radical (unpaired) electrons. The van der Waals surface area contributed by atoms with Crippen LogP contribution >= 0.6 is 23.2 Å². The van der Waals surface area contributed by atoms with Crippen LogP contribution in [0.2, 0.25) is 10.0 Å². The quantitative estimate of drug-likeness (QED) is 0.491. The molecule has 1 fully saturated rings. The normalized spacial score (nSPS) is 14.6. The first-order valence-corrected chi connectivity index (χ1v) is 10.2. The van der Waals surface area contributed by atoms with Gasteiger partial charge in [0, 0.05) is 13.1 Å². The minimum Gasteiger partial charge on any atom is -0.493 e. The Bertz CT molecular complexity index is 902. The highest BCUT2D eigenvalue weighted by Gasteiger charge is 2.13. The van der Waals surface area contributed by atoms with Crippen molar-refractivity contribution in [1.82, 2.24) is 10.3 Å². The zero-order valence-corrected chi connectivity index (χ0v) is 18.1. The fourth-order valence-corrected chi connectivity index (χ4v) is 3.17. The summed E-state index contributed by atoms with van der Waals surface area (Å²) in [5, 5.41) is 5.00. The van der Waals surface area contributed by atoms with E-state index < -0.39 is 0 Å². The molecule has 0 spiro atoms. The van der Waals surface area contributed by atoms with Crippen LogP contribution in [0.5, 0.6) is 11.5 Å². The van der Waals surface area contributed by atoms with Gasteiger partial charge in [0.25, 0.3) is 5.91 Å². The second-order valence-electron chi connectivity index (χ2n) is 6.63. The Kier molecular flexibility index (Phi) is 8.33. The van der Waals surface area contributed by atoms with Crippen molar-refractivity contribution in [3.63, 3.8) is 0 Å². The molecule has 2 aromatic carbocycles. The third-order valence-corrected chi connectivity index (χ3v) is 5.18. The summed E-state index contributed by atoms with van der Waals surface area (Å²) in [6.45, 7) is 3.41. The van der Waals surface area contributed by atoms with Crippen LogP contribution in [0.1, 0.15) is 11.1 Å². The van der Waals surface area contributed by atoms with E-state index in [0.29, 0.717) is 47.9 Å². The van der Waals surface area contributed by atoms with Crippen LogP contribution in [0.4, 0.5) is 0 Å². The highest BCUT2D eigenvalue weighted by molar-refractivity contribution is 6.42. The van der Waals surface area contributed by atoms with Crippen molar-refractivity contribution < 1.29 is 19.0 Å². The van der Waals surface area contributed by atoms with E-state index in [-0.39, 0.29) is 5.91 Å². The third kappa shape index (κ3) is 6.60. The molecule has 0 bridgehead atoms. The average molecular weight is 452 g/mol. The minimum absolute atomic E-state index is 0.165. The molecule has 0 atom stereocenters. The van der Waals surface area contributed by atoms with Crippen LogP contribution in [0, 0.1) is 0 Å². The summed E-state index contributed by atoms with van der Waals surface area (Å²) in [6.07, 6.45) is 1.56. The van der Waals surface area contributed by atoms with E-state index in [2.05, 4.69) is 10.5 Å². The monoisotopic (exact) mass is 451 g/mol. The summed E-state index contributed by atoms with van der Waals surface area (Å²) in [5.41, 5.74) is 4.19. The Morgan fingerprint density at radius 1 is 1.17 bits per heavy atom. The van der Waals surface area contributed by atoms with Gasteiger partial charge >= 0.3 is 0 Å². The molecule has 0 aliphatic carbocycles. The topological polar surface area (TPSA) is 72.4 Å². The second-order valence-corrected chi connectivity index (χ2v) is 7.44. The molecule has 1 amide bonds. The Hall–Kier alpha value is -2.32. The first-order valence-electron chi connectivity index (χ1n) is 9.42. The number of carbonyl (C=O) groups is 1. The third-order valence-electron chi connectivity index (χ3n) is 4.44. The summed E-state index contributed by atoms with van der Waals surface area (Å²) in [4.78, 5) is 14.0. The number of amides is 1. The van der Waals surface area contributed by atoms with E-state index in [0.717, 1.165) is 24.2 Å². The highest BCUT2D eigenvalue weighted by Crippen LogP contribution is 2.29. The average Bonchev–Trinajstić information content (AvgIpc) is 2.75. The van der Waals surface area contributed by atoms with Crippen molar-refractivity contribution in [2.75, 3.05) is 40.0 Å². The summed E-state index contributed by atoms with van der Waals surface area (Å²) in [7, 11) is 1.56. The lowest BCUT2D eigenvalue weighted by atomic mass is 10.2. The van der Waals surface area contributed by atoms with Crippen molar-refractivity contribution in [3.05, 3.63) is 57.6 Å². The van der Waals surface area contributed by atoms with Crippen LogP contribution in [0.3, 0.4) is 0 Å². The van der Waals surface area contributed by atoms with Crippen LogP contribution in [0.25, 0.3) is 0 Å². The SMILES string of the molecule is COc1cc(C=NNC(=O)CN2CCOCC2)ccc1OCc1ccc(Cl)c(Cl)c1. The van der Waals surface area contributed by atoms with Crippen LogP contribution < -0.4 is 14.9 Å². The first-order chi connectivity index (χ1) is 14.5. The molecule has 2 aromatic rings. The predicted molar refractivity (Wildman–Crippen MR) is 117 cm³/mol. The van der Waals surface area contributed by atoms with Crippen molar-refractivity contribution in [3.8, 4) is 11.5 Å². The summed E-state index contributed by atoms with van der Waals surface area (Å²) >= 11 is 12.0. The molecule has 7 nitrogen and oxygen atoms in total. The van der Waals surface area contributed by atoms with E-state index in [1.54, 1.807) is 37.6 Å².